The highest BCUT2D eigenvalue weighted by Crippen LogP contribution is 2.60. The van der Waals surface area contributed by atoms with Gasteiger partial charge < -0.3 is 5.32 Å². The number of nitrogens with one attached hydrogen (secondary N) is 1. The van der Waals surface area contributed by atoms with Gasteiger partial charge in [0.05, 0.1) is 0 Å². The standard InChI is InChI=1S/C18H27Cl2N/c1-4-9-21-13-18(11-17(5-2,6-3)12-18)15-8-7-14(19)10-16(15)20/h7-8,10,21H,4-6,9,11-13H2,1-3H3. The van der Waals surface area contributed by atoms with Crippen LogP contribution in [0.2, 0.25) is 10.0 Å². The third-order valence-corrected chi connectivity index (χ3v) is 5.87. The van der Waals surface area contributed by atoms with Crippen LogP contribution in [0.15, 0.2) is 18.2 Å². The Morgan fingerprint density at radius 3 is 2.29 bits per heavy atom. The minimum atomic E-state index is 0.183. The normalized spacial score (nSPS) is 19.3. The van der Waals surface area contributed by atoms with E-state index in [-0.39, 0.29) is 5.41 Å². The SMILES string of the molecule is CCCNCC1(c2ccc(Cl)cc2Cl)CC(CC)(CC)C1. The molecular formula is C18H27Cl2N. The average Bonchev–Trinajstić information content (AvgIpc) is 2.42. The number of benzene rings is 1. The molecule has 0 heterocycles. The monoisotopic (exact) mass is 327 g/mol. The zero-order valence-corrected chi connectivity index (χ0v) is 14.9. The highest BCUT2D eigenvalue weighted by Gasteiger charge is 2.53. The highest BCUT2D eigenvalue weighted by molar-refractivity contribution is 6.35. The fraction of sp³-hybridized carbons (Fsp3) is 0.667. The summed E-state index contributed by atoms with van der Waals surface area (Å²) in [6.45, 7) is 8.92. The lowest BCUT2D eigenvalue weighted by Gasteiger charge is -2.57. The van der Waals surface area contributed by atoms with Crippen molar-refractivity contribution < 1.29 is 0 Å². The van der Waals surface area contributed by atoms with E-state index in [4.69, 9.17) is 23.2 Å². The van der Waals surface area contributed by atoms with Gasteiger partial charge in [-0.15, -0.1) is 0 Å². The third kappa shape index (κ3) is 3.41. The summed E-state index contributed by atoms with van der Waals surface area (Å²) in [6.07, 6.45) is 6.13. The molecule has 1 nitrogen and oxygen atoms in total. The first kappa shape index (κ1) is 17.1. The second-order valence-electron chi connectivity index (χ2n) is 6.64. The first-order chi connectivity index (χ1) is 10.0. The maximum atomic E-state index is 6.51. The molecule has 2 rings (SSSR count). The maximum Gasteiger partial charge on any atom is 0.0458 e. The molecule has 118 valence electrons. The minimum absolute atomic E-state index is 0.183. The largest absolute Gasteiger partial charge is 0.316 e. The molecular weight excluding hydrogens is 301 g/mol. The topological polar surface area (TPSA) is 12.0 Å². The Balaban J connectivity index is 2.25. The molecule has 1 fully saturated rings. The van der Waals surface area contributed by atoms with E-state index in [1.165, 1.54) is 31.2 Å². The lowest BCUT2D eigenvalue weighted by Crippen LogP contribution is -2.54. The molecule has 1 aromatic carbocycles. The van der Waals surface area contributed by atoms with Crippen molar-refractivity contribution in [3.63, 3.8) is 0 Å². The van der Waals surface area contributed by atoms with Crippen molar-refractivity contribution in [3.05, 3.63) is 33.8 Å². The quantitative estimate of drug-likeness (QED) is 0.621. The molecule has 0 bridgehead atoms. The van der Waals surface area contributed by atoms with E-state index >= 15 is 0 Å². The van der Waals surface area contributed by atoms with Crippen LogP contribution in [-0.2, 0) is 5.41 Å². The summed E-state index contributed by atoms with van der Waals surface area (Å²) in [4.78, 5) is 0. The second-order valence-corrected chi connectivity index (χ2v) is 7.49. The van der Waals surface area contributed by atoms with Gasteiger partial charge in [-0.3, -0.25) is 0 Å². The average molecular weight is 328 g/mol. The Labute approximate surface area is 139 Å². The highest BCUT2D eigenvalue weighted by atomic mass is 35.5. The predicted molar refractivity (Wildman–Crippen MR) is 93.5 cm³/mol. The molecule has 1 saturated carbocycles. The summed E-state index contributed by atoms with van der Waals surface area (Å²) in [7, 11) is 0. The van der Waals surface area contributed by atoms with Gasteiger partial charge in [0, 0.05) is 22.0 Å². The summed E-state index contributed by atoms with van der Waals surface area (Å²) >= 11 is 12.6. The van der Waals surface area contributed by atoms with E-state index < -0.39 is 0 Å². The first-order valence-corrected chi connectivity index (χ1v) is 8.93. The van der Waals surface area contributed by atoms with E-state index in [0.717, 1.165) is 29.6 Å². The van der Waals surface area contributed by atoms with Gasteiger partial charge >= 0.3 is 0 Å². The molecule has 0 amide bonds. The van der Waals surface area contributed by atoms with Crippen molar-refractivity contribution in [1.29, 1.82) is 0 Å². The Bertz CT molecular complexity index is 472. The number of hydrogen-bond donors (Lipinski definition) is 1. The molecule has 0 spiro atoms. The van der Waals surface area contributed by atoms with Crippen LogP contribution in [-0.4, -0.2) is 13.1 Å². The van der Waals surface area contributed by atoms with Gasteiger partial charge in [0.25, 0.3) is 0 Å². The molecule has 1 aromatic rings. The molecule has 3 heteroatoms. The van der Waals surface area contributed by atoms with Crippen molar-refractivity contribution in [2.24, 2.45) is 5.41 Å². The van der Waals surface area contributed by atoms with Crippen LogP contribution >= 0.6 is 23.2 Å². The maximum absolute atomic E-state index is 6.51. The number of halogens is 2. The predicted octanol–water partition coefficient (Wildman–Crippen LogP) is 5.83. The van der Waals surface area contributed by atoms with Gasteiger partial charge in [-0.05, 0) is 48.9 Å². The number of hydrogen-bond acceptors (Lipinski definition) is 1. The van der Waals surface area contributed by atoms with Gasteiger partial charge in [0.1, 0.15) is 0 Å². The summed E-state index contributed by atoms with van der Waals surface area (Å²) < 4.78 is 0. The zero-order valence-electron chi connectivity index (χ0n) is 13.4. The lowest BCUT2D eigenvalue weighted by atomic mass is 9.48. The van der Waals surface area contributed by atoms with E-state index in [2.05, 4.69) is 32.2 Å². The molecule has 1 aliphatic rings. The Kier molecular flexibility index (Phi) is 5.62. The minimum Gasteiger partial charge on any atom is -0.316 e. The summed E-state index contributed by atoms with van der Waals surface area (Å²) in [6, 6.07) is 5.99. The van der Waals surface area contributed by atoms with Crippen LogP contribution in [0.5, 0.6) is 0 Å². The molecule has 1 aliphatic carbocycles. The van der Waals surface area contributed by atoms with Crippen molar-refractivity contribution in [3.8, 4) is 0 Å². The van der Waals surface area contributed by atoms with Crippen LogP contribution in [0.25, 0.3) is 0 Å². The molecule has 0 saturated heterocycles. The van der Waals surface area contributed by atoms with Crippen molar-refractivity contribution in [1.82, 2.24) is 5.32 Å². The van der Waals surface area contributed by atoms with Gasteiger partial charge in [0.15, 0.2) is 0 Å². The molecule has 0 atom stereocenters. The van der Waals surface area contributed by atoms with Crippen LogP contribution in [0.3, 0.4) is 0 Å². The molecule has 1 N–H and O–H groups in total. The van der Waals surface area contributed by atoms with E-state index in [1.54, 1.807) is 0 Å². The lowest BCUT2D eigenvalue weighted by molar-refractivity contribution is 0.0131. The van der Waals surface area contributed by atoms with Gasteiger partial charge in [-0.25, -0.2) is 0 Å². The van der Waals surface area contributed by atoms with E-state index in [9.17, 15) is 0 Å². The van der Waals surface area contributed by atoms with Crippen LogP contribution in [0.1, 0.15) is 58.4 Å². The number of rotatable bonds is 7. The Morgan fingerprint density at radius 1 is 1.10 bits per heavy atom. The third-order valence-electron chi connectivity index (χ3n) is 5.32. The van der Waals surface area contributed by atoms with Crippen LogP contribution < -0.4 is 5.32 Å². The summed E-state index contributed by atoms with van der Waals surface area (Å²) in [5, 5.41) is 5.15. The Hall–Kier alpha value is -0.240. The van der Waals surface area contributed by atoms with Crippen molar-refractivity contribution in [2.45, 2.75) is 58.3 Å². The van der Waals surface area contributed by atoms with Gasteiger partial charge in [0.2, 0.25) is 0 Å². The van der Waals surface area contributed by atoms with Crippen molar-refractivity contribution in [2.75, 3.05) is 13.1 Å². The molecule has 0 aromatic heterocycles. The fourth-order valence-electron chi connectivity index (χ4n) is 3.97. The zero-order chi connectivity index (χ0) is 15.5. The van der Waals surface area contributed by atoms with Crippen molar-refractivity contribution >= 4 is 23.2 Å². The molecule has 0 aliphatic heterocycles. The van der Waals surface area contributed by atoms with Crippen LogP contribution in [0.4, 0.5) is 0 Å². The summed E-state index contributed by atoms with van der Waals surface area (Å²) in [5.41, 5.74) is 1.95. The summed E-state index contributed by atoms with van der Waals surface area (Å²) in [5.74, 6) is 0. The fourth-order valence-corrected chi connectivity index (χ4v) is 4.58. The van der Waals surface area contributed by atoms with Gasteiger partial charge in [-0.1, -0.05) is 62.9 Å². The van der Waals surface area contributed by atoms with E-state index in [1.807, 2.05) is 12.1 Å². The van der Waals surface area contributed by atoms with Crippen LogP contribution in [0, 0.1) is 5.41 Å². The van der Waals surface area contributed by atoms with E-state index in [0.29, 0.717) is 5.41 Å². The first-order valence-electron chi connectivity index (χ1n) is 8.17. The van der Waals surface area contributed by atoms with Gasteiger partial charge in [-0.2, -0.15) is 0 Å². The smallest absolute Gasteiger partial charge is 0.0458 e. The Morgan fingerprint density at radius 2 is 1.76 bits per heavy atom. The second kappa shape index (κ2) is 6.89. The molecule has 0 radical (unpaired) electrons. The molecule has 0 unspecified atom stereocenters. The molecule has 21 heavy (non-hydrogen) atoms.